The second kappa shape index (κ2) is 7.12. The van der Waals surface area contributed by atoms with Crippen molar-refractivity contribution in [2.75, 3.05) is 14.2 Å². The normalized spacial score (nSPS) is 35.2. The fraction of sp³-hybridized carbons (Fsp3) is 0.696. The van der Waals surface area contributed by atoms with E-state index in [1.54, 1.807) is 32.4 Å². The average Bonchev–Trinajstić information content (AvgIpc) is 2.63. The summed E-state index contributed by atoms with van der Waals surface area (Å²) in [6, 6.07) is 5.37. The number of ketones is 1. The van der Waals surface area contributed by atoms with Gasteiger partial charge in [-0.3, -0.25) is 4.79 Å². The topological polar surface area (TPSA) is 55.8 Å². The molecule has 0 radical (unpaired) electrons. The number of benzene rings is 1. The largest absolute Gasteiger partial charge is 0.497 e. The van der Waals surface area contributed by atoms with Crippen LogP contribution in [0.25, 0.3) is 0 Å². The summed E-state index contributed by atoms with van der Waals surface area (Å²) in [6.45, 7) is 8.91. The standard InChI is InChI=1S/C23H34O4/c1-14-18(24)13-19-22(2,3)8-7-9-23(19,4)20(14)21(25)15-10-16(26-5)12-17(11-15)27-6/h10-12,14,18-20,24H,7-9,13H2,1-6H3/t14-,18?,19-,20+,23-/m0/s1. The van der Waals surface area contributed by atoms with Gasteiger partial charge in [-0.1, -0.05) is 34.1 Å². The quantitative estimate of drug-likeness (QED) is 0.774. The van der Waals surface area contributed by atoms with Crippen LogP contribution < -0.4 is 9.47 Å². The van der Waals surface area contributed by atoms with Crippen molar-refractivity contribution < 1.29 is 19.4 Å². The Morgan fingerprint density at radius 1 is 1.07 bits per heavy atom. The molecule has 4 nitrogen and oxygen atoms in total. The lowest BCUT2D eigenvalue weighted by Crippen LogP contribution is -2.57. The van der Waals surface area contributed by atoms with Crippen molar-refractivity contribution in [2.24, 2.45) is 28.6 Å². The van der Waals surface area contributed by atoms with Gasteiger partial charge in [0.15, 0.2) is 5.78 Å². The van der Waals surface area contributed by atoms with Crippen LogP contribution >= 0.6 is 0 Å². The molecule has 1 N–H and O–H groups in total. The Morgan fingerprint density at radius 3 is 2.22 bits per heavy atom. The second-order valence-corrected chi connectivity index (χ2v) is 9.51. The molecule has 2 aliphatic rings. The summed E-state index contributed by atoms with van der Waals surface area (Å²) in [7, 11) is 3.19. The van der Waals surface area contributed by atoms with Gasteiger partial charge in [0.2, 0.25) is 0 Å². The number of Topliss-reactive ketones (excluding diaryl/α,β-unsaturated/α-hetero) is 1. The molecule has 0 amide bonds. The van der Waals surface area contributed by atoms with E-state index in [1.165, 1.54) is 0 Å². The Labute approximate surface area is 163 Å². The number of aliphatic hydroxyl groups is 1. The van der Waals surface area contributed by atoms with Gasteiger partial charge in [-0.15, -0.1) is 0 Å². The highest BCUT2D eigenvalue weighted by molar-refractivity contribution is 5.99. The molecule has 0 heterocycles. The summed E-state index contributed by atoms with van der Waals surface area (Å²) in [5.41, 5.74) is 0.646. The number of carbonyl (C=O) groups excluding carboxylic acids is 1. The van der Waals surface area contributed by atoms with Crippen molar-refractivity contribution in [3.05, 3.63) is 23.8 Å². The maximum absolute atomic E-state index is 13.7. The molecule has 0 saturated heterocycles. The van der Waals surface area contributed by atoms with Crippen molar-refractivity contribution >= 4 is 5.78 Å². The number of rotatable bonds is 4. The van der Waals surface area contributed by atoms with Gasteiger partial charge < -0.3 is 14.6 Å². The molecule has 4 heteroatoms. The first-order chi connectivity index (χ1) is 12.6. The number of carbonyl (C=O) groups is 1. The summed E-state index contributed by atoms with van der Waals surface area (Å²) in [4.78, 5) is 13.7. The minimum Gasteiger partial charge on any atom is -0.497 e. The molecular formula is C23H34O4. The molecule has 1 aromatic carbocycles. The average molecular weight is 375 g/mol. The maximum Gasteiger partial charge on any atom is 0.167 e. The minimum atomic E-state index is -0.443. The van der Waals surface area contributed by atoms with Gasteiger partial charge in [0.1, 0.15) is 11.5 Å². The summed E-state index contributed by atoms with van der Waals surface area (Å²) >= 11 is 0. The molecule has 0 aromatic heterocycles. The number of methoxy groups -OCH3 is 2. The zero-order valence-corrected chi connectivity index (χ0v) is 17.5. The highest BCUT2D eigenvalue weighted by Crippen LogP contribution is 2.61. The summed E-state index contributed by atoms with van der Waals surface area (Å²) in [5.74, 6) is 1.40. The van der Waals surface area contributed by atoms with Crippen molar-refractivity contribution in [1.29, 1.82) is 0 Å². The monoisotopic (exact) mass is 374 g/mol. The fourth-order valence-corrected chi connectivity index (χ4v) is 6.07. The maximum atomic E-state index is 13.7. The Balaban J connectivity index is 2.06. The first kappa shape index (κ1) is 20.2. The first-order valence-electron chi connectivity index (χ1n) is 10.1. The van der Waals surface area contributed by atoms with Crippen LogP contribution in [0.4, 0.5) is 0 Å². The molecule has 0 aliphatic heterocycles. The van der Waals surface area contributed by atoms with Crippen LogP contribution in [0.2, 0.25) is 0 Å². The van der Waals surface area contributed by atoms with E-state index in [9.17, 15) is 9.90 Å². The van der Waals surface area contributed by atoms with E-state index in [1.807, 2.05) is 6.92 Å². The third-order valence-corrected chi connectivity index (χ3v) is 7.51. The third-order valence-electron chi connectivity index (χ3n) is 7.51. The van der Waals surface area contributed by atoms with Crippen molar-refractivity contribution in [2.45, 2.75) is 59.5 Å². The van der Waals surface area contributed by atoms with Crippen LogP contribution in [0.15, 0.2) is 18.2 Å². The van der Waals surface area contributed by atoms with Gasteiger partial charge in [0, 0.05) is 17.5 Å². The minimum absolute atomic E-state index is 0.0650. The van der Waals surface area contributed by atoms with Crippen LogP contribution in [-0.4, -0.2) is 31.2 Å². The van der Waals surface area contributed by atoms with E-state index < -0.39 is 6.10 Å². The van der Waals surface area contributed by atoms with Crippen LogP contribution in [0, 0.1) is 28.6 Å². The zero-order chi connectivity index (χ0) is 20.0. The van der Waals surface area contributed by atoms with Gasteiger partial charge >= 0.3 is 0 Å². The number of fused-ring (bicyclic) bond motifs is 1. The molecule has 2 saturated carbocycles. The molecule has 2 aliphatic carbocycles. The number of hydrogen-bond acceptors (Lipinski definition) is 4. The van der Waals surface area contributed by atoms with E-state index in [2.05, 4.69) is 20.8 Å². The molecule has 1 aromatic rings. The molecule has 1 unspecified atom stereocenters. The third kappa shape index (κ3) is 3.37. The first-order valence-corrected chi connectivity index (χ1v) is 10.1. The zero-order valence-electron chi connectivity index (χ0n) is 17.5. The van der Waals surface area contributed by atoms with Crippen LogP contribution in [0.1, 0.15) is 63.7 Å². The molecule has 27 heavy (non-hydrogen) atoms. The predicted molar refractivity (Wildman–Crippen MR) is 106 cm³/mol. The number of aliphatic hydroxyl groups excluding tert-OH is 1. The van der Waals surface area contributed by atoms with Gasteiger partial charge in [-0.25, -0.2) is 0 Å². The Hall–Kier alpha value is -1.55. The van der Waals surface area contributed by atoms with E-state index in [4.69, 9.17) is 9.47 Å². The second-order valence-electron chi connectivity index (χ2n) is 9.51. The van der Waals surface area contributed by atoms with Gasteiger partial charge in [-0.2, -0.15) is 0 Å². The Bertz CT molecular complexity index is 688. The van der Waals surface area contributed by atoms with Crippen LogP contribution in [-0.2, 0) is 0 Å². The predicted octanol–water partition coefficient (Wildman–Crippen LogP) is 4.74. The Morgan fingerprint density at radius 2 is 1.67 bits per heavy atom. The summed E-state index contributed by atoms with van der Waals surface area (Å²) in [5, 5.41) is 10.8. The van der Waals surface area contributed by atoms with Crippen molar-refractivity contribution in [3.63, 3.8) is 0 Å². The number of hydrogen-bond donors (Lipinski definition) is 1. The van der Waals surface area contributed by atoms with E-state index in [-0.39, 0.29) is 28.4 Å². The highest BCUT2D eigenvalue weighted by Gasteiger charge is 2.58. The van der Waals surface area contributed by atoms with Crippen molar-refractivity contribution in [3.8, 4) is 11.5 Å². The molecule has 0 bridgehead atoms. The van der Waals surface area contributed by atoms with E-state index in [0.717, 1.165) is 25.7 Å². The molecular weight excluding hydrogens is 340 g/mol. The SMILES string of the molecule is COc1cc(OC)cc(C(=O)[C@H]2[C@@H](C)C(O)C[C@H]3C(C)(C)CCC[C@]23C)c1. The lowest BCUT2D eigenvalue weighted by atomic mass is 9.45. The number of ether oxygens (including phenoxy) is 2. The van der Waals surface area contributed by atoms with E-state index >= 15 is 0 Å². The molecule has 150 valence electrons. The molecule has 5 atom stereocenters. The van der Waals surface area contributed by atoms with Crippen molar-refractivity contribution in [1.82, 2.24) is 0 Å². The molecule has 0 spiro atoms. The lowest BCUT2D eigenvalue weighted by molar-refractivity contribution is -0.125. The van der Waals surface area contributed by atoms with Crippen LogP contribution in [0.3, 0.4) is 0 Å². The lowest BCUT2D eigenvalue weighted by Gasteiger charge is -2.59. The molecule has 3 rings (SSSR count). The van der Waals surface area contributed by atoms with E-state index in [0.29, 0.717) is 23.0 Å². The highest BCUT2D eigenvalue weighted by atomic mass is 16.5. The summed E-state index contributed by atoms with van der Waals surface area (Å²) in [6.07, 6.45) is 3.67. The van der Waals surface area contributed by atoms with Gasteiger partial charge in [0.25, 0.3) is 0 Å². The van der Waals surface area contributed by atoms with Crippen LogP contribution in [0.5, 0.6) is 11.5 Å². The summed E-state index contributed by atoms with van der Waals surface area (Å²) < 4.78 is 10.7. The van der Waals surface area contributed by atoms with Gasteiger partial charge in [0.05, 0.1) is 20.3 Å². The smallest absolute Gasteiger partial charge is 0.167 e. The fourth-order valence-electron chi connectivity index (χ4n) is 6.07. The van der Waals surface area contributed by atoms with Gasteiger partial charge in [-0.05, 0) is 54.1 Å². The Kier molecular flexibility index (Phi) is 5.33. The molecule has 2 fully saturated rings.